The number of allylic oxidation sites excluding steroid dienone is 2. The number of benzene rings is 1. The van der Waals surface area contributed by atoms with E-state index in [1.54, 1.807) is 6.08 Å². The number of hydrogen-bond acceptors (Lipinski definition) is 2. The molecular formula is C21H23ClO2. The summed E-state index contributed by atoms with van der Waals surface area (Å²) in [4.78, 5) is 26.0. The second-order valence-corrected chi connectivity index (χ2v) is 8.96. The largest absolute Gasteiger partial charge is 0.294 e. The Morgan fingerprint density at radius 1 is 1.12 bits per heavy atom. The maximum absolute atomic E-state index is 13.0. The molecule has 0 aliphatic heterocycles. The van der Waals surface area contributed by atoms with Crippen molar-refractivity contribution in [2.75, 3.05) is 0 Å². The van der Waals surface area contributed by atoms with Crippen molar-refractivity contribution < 1.29 is 9.59 Å². The monoisotopic (exact) mass is 342 g/mol. The van der Waals surface area contributed by atoms with E-state index < -0.39 is 5.41 Å². The van der Waals surface area contributed by atoms with Crippen molar-refractivity contribution in [2.24, 2.45) is 16.7 Å². The molecule has 3 aliphatic carbocycles. The van der Waals surface area contributed by atoms with Gasteiger partial charge in [0.05, 0.1) is 5.41 Å². The fourth-order valence-corrected chi connectivity index (χ4v) is 5.07. The van der Waals surface area contributed by atoms with Crippen molar-refractivity contribution >= 4 is 23.2 Å². The van der Waals surface area contributed by atoms with Crippen LogP contribution in [0.25, 0.3) is 0 Å². The lowest BCUT2D eigenvalue weighted by molar-refractivity contribution is -0.126. The van der Waals surface area contributed by atoms with Crippen LogP contribution < -0.4 is 0 Å². The zero-order valence-corrected chi connectivity index (χ0v) is 15.2. The Morgan fingerprint density at radius 2 is 1.75 bits per heavy atom. The molecule has 126 valence electrons. The van der Waals surface area contributed by atoms with Crippen LogP contribution >= 0.6 is 11.6 Å². The van der Waals surface area contributed by atoms with E-state index in [0.29, 0.717) is 5.02 Å². The number of hydrogen-bond donors (Lipinski definition) is 0. The number of carbonyl (C=O) groups excluding carboxylic acids is 2. The number of halogens is 1. The molecule has 2 atom stereocenters. The Kier molecular flexibility index (Phi) is 3.23. The third-order valence-electron chi connectivity index (χ3n) is 7.27. The summed E-state index contributed by atoms with van der Waals surface area (Å²) < 4.78 is 0. The lowest BCUT2D eigenvalue weighted by Crippen LogP contribution is -2.32. The standard InChI is InChI=1S/C21H23ClO2/c1-19(2)16-8-9-20(19,3)18(24)15(16)12-17(23)21(10-11-21)13-4-6-14(22)7-5-13/h4-7,12,16H,8-11H2,1-3H3/b15-12+/t16-,20+/m0/s1. The van der Waals surface area contributed by atoms with Gasteiger partial charge in [-0.2, -0.15) is 0 Å². The quantitative estimate of drug-likeness (QED) is 0.733. The molecule has 0 aromatic heterocycles. The summed E-state index contributed by atoms with van der Waals surface area (Å²) in [6.45, 7) is 6.44. The van der Waals surface area contributed by atoms with E-state index in [2.05, 4.69) is 20.8 Å². The zero-order valence-electron chi connectivity index (χ0n) is 14.5. The van der Waals surface area contributed by atoms with Crippen LogP contribution in [0.5, 0.6) is 0 Å². The van der Waals surface area contributed by atoms with Crippen LogP contribution in [-0.4, -0.2) is 11.6 Å². The lowest BCUT2D eigenvalue weighted by atomic mass is 9.70. The molecule has 2 bridgehead atoms. The van der Waals surface area contributed by atoms with Gasteiger partial charge in [0.2, 0.25) is 0 Å². The van der Waals surface area contributed by atoms with Crippen molar-refractivity contribution in [1.29, 1.82) is 0 Å². The van der Waals surface area contributed by atoms with Gasteiger partial charge in [0, 0.05) is 16.0 Å². The van der Waals surface area contributed by atoms with E-state index in [9.17, 15) is 9.59 Å². The number of ketones is 2. The third kappa shape index (κ3) is 1.89. The fraction of sp³-hybridized carbons (Fsp3) is 0.524. The minimum Gasteiger partial charge on any atom is -0.294 e. The highest BCUT2D eigenvalue weighted by molar-refractivity contribution is 6.30. The summed E-state index contributed by atoms with van der Waals surface area (Å²) >= 11 is 5.97. The third-order valence-corrected chi connectivity index (χ3v) is 7.52. The number of fused-ring (bicyclic) bond motifs is 2. The smallest absolute Gasteiger partial charge is 0.166 e. The molecule has 0 N–H and O–H groups in total. The summed E-state index contributed by atoms with van der Waals surface area (Å²) in [6, 6.07) is 7.56. The van der Waals surface area contributed by atoms with Gasteiger partial charge in [0.1, 0.15) is 0 Å². The topological polar surface area (TPSA) is 34.1 Å². The Labute approximate surface area is 148 Å². The van der Waals surface area contributed by atoms with E-state index in [-0.39, 0.29) is 28.3 Å². The molecular weight excluding hydrogens is 320 g/mol. The molecule has 3 heteroatoms. The normalized spacial score (nSPS) is 33.9. The summed E-state index contributed by atoms with van der Waals surface area (Å²) in [5, 5.41) is 0.679. The van der Waals surface area contributed by atoms with Crippen LogP contribution in [-0.2, 0) is 15.0 Å². The Hall–Kier alpha value is -1.41. The summed E-state index contributed by atoms with van der Waals surface area (Å²) in [6.07, 6.45) is 5.37. The molecule has 0 unspecified atom stereocenters. The predicted octanol–water partition coefficient (Wildman–Crippen LogP) is 4.89. The van der Waals surface area contributed by atoms with Crippen LogP contribution in [0.1, 0.15) is 52.0 Å². The van der Waals surface area contributed by atoms with E-state index in [0.717, 1.165) is 36.8 Å². The van der Waals surface area contributed by atoms with Gasteiger partial charge in [-0.15, -0.1) is 0 Å². The van der Waals surface area contributed by atoms with Gasteiger partial charge < -0.3 is 0 Å². The zero-order chi connectivity index (χ0) is 17.3. The first-order chi connectivity index (χ1) is 11.2. The number of Topliss-reactive ketones (excluding diaryl/α,β-unsaturated/α-hetero) is 1. The van der Waals surface area contributed by atoms with E-state index >= 15 is 0 Å². The molecule has 0 spiro atoms. The minimum absolute atomic E-state index is 0.0484. The van der Waals surface area contributed by atoms with Gasteiger partial charge in [-0.05, 0) is 60.8 Å². The van der Waals surface area contributed by atoms with Gasteiger partial charge in [-0.3, -0.25) is 9.59 Å². The molecule has 3 fully saturated rings. The molecule has 3 saturated carbocycles. The average Bonchev–Trinajstić information content (AvgIpc) is 3.27. The van der Waals surface area contributed by atoms with Crippen molar-refractivity contribution in [3.8, 4) is 0 Å². The highest BCUT2D eigenvalue weighted by Gasteiger charge is 2.64. The van der Waals surface area contributed by atoms with Crippen LogP contribution in [0.15, 0.2) is 35.9 Å². The maximum atomic E-state index is 13.0. The van der Waals surface area contributed by atoms with Crippen LogP contribution in [0.4, 0.5) is 0 Å². The van der Waals surface area contributed by atoms with Gasteiger partial charge in [0.25, 0.3) is 0 Å². The Morgan fingerprint density at radius 3 is 2.25 bits per heavy atom. The molecule has 0 heterocycles. The summed E-state index contributed by atoms with van der Waals surface area (Å²) in [7, 11) is 0. The highest BCUT2D eigenvalue weighted by Crippen LogP contribution is 2.65. The fourth-order valence-electron chi connectivity index (χ4n) is 4.94. The average molecular weight is 343 g/mol. The predicted molar refractivity (Wildman–Crippen MR) is 95.1 cm³/mol. The molecule has 1 aromatic rings. The first kappa shape index (κ1) is 16.1. The van der Waals surface area contributed by atoms with E-state index in [4.69, 9.17) is 11.6 Å². The van der Waals surface area contributed by atoms with Gasteiger partial charge in [-0.25, -0.2) is 0 Å². The van der Waals surface area contributed by atoms with E-state index in [1.165, 1.54) is 0 Å². The second kappa shape index (κ2) is 4.82. The molecule has 0 radical (unpaired) electrons. The molecule has 2 nitrogen and oxygen atoms in total. The summed E-state index contributed by atoms with van der Waals surface area (Å²) in [5.74, 6) is 0.518. The van der Waals surface area contributed by atoms with Crippen LogP contribution in [0.3, 0.4) is 0 Å². The summed E-state index contributed by atoms with van der Waals surface area (Å²) in [5.41, 5.74) is 1.02. The van der Waals surface area contributed by atoms with Crippen molar-refractivity contribution in [3.05, 3.63) is 46.5 Å². The second-order valence-electron chi connectivity index (χ2n) is 8.53. The highest BCUT2D eigenvalue weighted by atomic mass is 35.5. The first-order valence-electron chi connectivity index (χ1n) is 8.79. The Balaban J connectivity index is 1.69. The lowest BCUT2D eigenvalue weighted by Gasteiger charge is -2.31. The van der Waals surface area contributed by atoms with Crippen molar-refractivity contribution in [3.63, 3.8) is 0 Å². The van der Waals surface area contributed by atoms with Crippen molar-refractivity contribution in [2.45, 2.75) is 51.9 Å². The van der Waals surface area contributed by atoms with Crippen LogP contribution in [0, 0.1) is 16.7 Å². The molecule has 3 aliphatic rings. The van der Waals surface area contributed by atoms with Gasteiger partial charge in [0.15, 0.2) is 11.6 Å². The minimum atomic E-state index is -0.426. The van der Waals surface area contributed by atoms with Gasteiger partial charge in [-0.1, -0.05) is 44.5 Å². The first-order valence-corrected chi connectivity index (χ1v) is 9.17. The molecule has 24 heavy (non-hydrogen) atoms. The molecule has 0 amide bonds. The maximum Gasteiger partial charge on any atom is 0.166 e. The van der Waals surface area contributed by atoms with Gasteiger partial charge >= 0.3 is 0 Å². The molecule has 0 saturated heterocycles. The SMILES string of the molecule is CC1(C)[C@H]2CC[C@]1(C)C(=O)/C2=C/C(=O)C1(c2ccc(Cl)cc2)CC1. The van der Waals surface area contributed by atoms with E-state index in [1.807, 2.05) is 24.3 Å². The van der Waals surface area contributed by atoms with Crippen molar-refractivity contribution in [1.82, 2.24) is 0 Å². The molecule has 4 rings (SSSR count). The molecule has 1 aromatic carbocycles. The number of rotatable bonds is 3. The number of carbonyl (C=O) groups is 2. The Bertz CT molecular complexity index is 768. The van der Waals surface area contributed by atoms with Crippen LogP contribution in [0.2, 0.25) is 5.02 Å².